The van der Waals surface area contributed by atoms with E-state index in [4.69, 9.17) is 25.5 Å². The molecule has 6 heteroatoms. The van der Waals surface area contributed by atoms with Crippen LogP contribution in [0.25, 0.3) is 11.0 Å². The average molecular weight is 415 g/mol. The molecule has 0 fully saturated rings. The molecule has 1 aromatic heterocycles. The molecule has 0 aliphatic heterocycles. The van der Waals surface area contributed by atoms with Crippen molar-refractivity contribution in [3.63, 3.8) is 0 Å². The molecule has 0 N–H and O–H groups in total. The first-order valence-electron chi connectivity index (χ1n) is 9.48. The van der Waals surface area contributed by atoms with E-state index in [1.165, 1.54) is 0 Å². The van der Waals surface area contributed by atoms with E-state index in [1.54, 1.807) is 19.1 Å². The zero-order valence-electron chi connectivity index (χ0n) is 16.7. The largest absolute Gasteiger partial charge is 0.487 e. The molecule has 2 aromatic carbocycles. The van der Waals surface area contributed by atoms with Crippen LogP contribution in [0.15, 0.2) is 45.6 Å². The molecule has 5 nitrogen and oxygen atoms in total. The number of benzene rings is 2. The van der Waals surface area contributed by atoms with Gasteiger partial charge >= 0.3 is 11.6 Å². The maximum Gasteiger partial charge on any atom is 0.339 e. The molecule has 0 radical (unpaired) electrons. The quantitative estimate of drug-likeness (QED) is 0.395. The summed E-state index contributed by atoms with van der Waals surface area (Å²) in [6.07, 6.45) is 0.378. The molecule has 0 saturated carbocycles. The van der Waals surface area contributed by atoms with E-state index < -0.39 is 5.63 Å². The van der Waals surface area contributed by atoms with Gasteiger partial charge in [0.1, 0.15) is 17.9 Å². The van der Waals surface area contributed by atoms with Crippen LogP contribution in [0, 0.1) is 13.8 Å². The number of carbonyl (C=O) groups is 1. The lowest BCUT2D eigenvalue weighted by Crippen LogP contribution is -2.13. The zero-order valence-corrected chi connectivity index (χ0v) is 17.5. The molecule has 29 heavy (non-hydrogen) atoms. The highest BCUT2D eigenvalue weighted by Crippen LogP contribution is 2.32. The number of hydrogen-bond acceptors (Lipinski definition) is 5. The maximum atomic E-state index is 12.4. The van der Waals surface area contributed by atoms with Gasteiger partial charge in [0.25, 0.3) is 0 Å². The molecule has 0 aliphatic rings. The van der Waals surface area contributed by atoms with E-state index in [0.29, 0.717) is 35.1 Å². The van der Waals surface area contributed by atoms with Crippen LogP contribution in [0.3, 0.4) is 0 Å². The summed E-state index contributed by atoms with van der Waals surface area (Å²) >= 11 is 6.41. The smallest absolute Gasteiger partial charge is 0.339 e. The van der Waals surface area contributed by atoms with E-state index in [1.807, 2.05) is 38.1 Å². The second-order valence-electron chi connectivity index (χ2n) is 6.85. The van der Waals surface area contributed by atoms with Crippen molar-refractivity contribution in [2.45, 2.75) is 40.2 Å². The van der Waals surface area contributed by atoms with Gasteiger partial charge in [-0.3, -0.25) is 4.79 Å². The number of esters is 1. The topological polar surface area (TPSA) is 65.7 Å². The molecule has 152 valence electrons. The average Bonchev–Trinajstić information content (AvgIpc) is 2.67. The van der Waals surface area contributed by atoms with Gasteiger partial charge in [-0.05, 0) is 44.4 Å². The van der Waals surface area contributed by atoms with Crippen molar-refractivity contribution in [1.82, 2.24) is 0 Å². The minimum atomic E-state index is -0.466. The van der Waals surface area contributed by atoms with Crippen LogP contribution in [0.5, 0.6) is 5.75 Å². The van der Waals surface area contributed by atoms with Crippen LogP contribution in [-0.4, -0.2) is 12.6 Å². The molecule has 0 unspecified atom stereocenters. The molecule has 1 heterocycles. The van der Waals surface area contributed by atoms with E-state index in [2.05, 4.69) is 0 Å². The van der Waals surface area contributed by atoms with Crippen LogP contribution in [0.2, 0.25) is 5.02 Å². The van der Waals surface area contributed by atoms with Gasteiger partial charge in [-0.15, -0.1) is 0 Å². The number of aryl methyl sites for hydroxylation is 2. The Morgan fingerprint density at radius 2 is 1.97 bits per heavy atom. The molecule has 3 rings (SSSR count). The van der Waals surface area contributed by atoms with Crippen molar-refractivity contribution in [3.05, 3.63) is 74.1 Å². The summed E-state index contributed by atoms with van der Waals surface area (Å²) in [7, 11) is 0. The number of rotatable bonds is 7. The minimum Gasteiger partial charge on any atom is -0.487 e. The number of ether oxygens (including phenoxy) is 2. The Balaban J connectivity index is 1.87. The Bertz CT molecular complexity index is 1100. The molecule has 0 saturated heterocycles. The second-order valence-corrected chi connectivity index (χ2v) is 7.26. The molecular weight excluding hydrogens is 392 g/mol. The number of fused-ring (bicyclic) bond motifs is 1. The summed E-state index contributed by atoms with van der Waals surface area (Å²) in [6.45, 7) is 6.25. The molecule has 0 aliphatic carbocycles. The number of hydrogen-bond donors (Lipinski definition) is 0. The van der Waals surface area contributed by atoms with E-state index in [-0.39, 0.29) is 18.8 Å². The van der Waals surface area contributed by atoms with Gasteiger partial charge < -0.3 is 13.9 Å². The first-order chi connectivity index (χ1) is 13.9. The Morgan fingerprint density at radius 3 is 2.69 bits per heavy atom. The summed E-state index contributed by atoms with van der Waals surface area (Å²) in [5, 5.41) is 1.15. The molecule has 0 atom stereocenters. The third-order valence-corrected chi connectivity index (χ3v) is 5.00. The Hall–Kier alpha value is -2.79. The van der Waals surface area contributed by atoms with Crippen molar-refractivity contribution in [3.8, 4) is 5.75 Å². The molecule has 0 bridgehead atoms. The molecular formula is C23H23ClO5. The van der Waals surface area contributed by atoms with E-state index in [0.717, 1.165) is 22.1 Å². The summed E-state index contributed by atoms with van der Waals surface area (Å²) in [5.74, 6) is 0.104. The minimum absolute atomic E-state index is 0.121. The van der Waals surface area contributed by atoms with Crippen molar-refractivity contribution < 1.29 is 18.7 Å². The third kappa shape index (κ3) is 4.98. The van der Waals surface area contributed by atoms with Crippen molar-refractivity contribution in [2.75, 3.05) is 6.61 Å². The predicted molar refractivity (Wildman–Crippen MR) is 113 cm³/mol. The SMILES string of the molecule is CCOC(=O)CCc1c(C)c2cc(Cl)c(OCc3cccc(C)c3)cc2oc1=O. The first-order valence-corrected chi connectivity index (χ1v) is 9.86. The fourth-order valence-corrected chi connectivity index (χ4v) is 3.43. The molecule has 0 spiro atoms. The van der Waals surface area contributed by atoms with Crippen LogP contribution in [0.1, 0.15) is 35.6 Å². The second kappa shape index (κ2) is 9.14. The number of carbonyl (C=O) groups excluding carboxylic acids is 1. The Kier molecular flexibility index (Phi) is 6.60. The lowest BCUT2D eigenvalue weighted by Gasteiger charge is -2.12. The van der Waals surface area contributed by atoms with Gasteiger partial charge in [0.15, 0.2) is 0 Å². The highest BCUT2D eigenvalue weighted by Gasteiger charge is 2.16. The van der Waals surface area contributed by atoms with Crippen LogP contribution in [0.4, 0.5) is 0 Å². The van der Waals surface area contributed by atoms with Crippen molar-refractivity contribution >= 4 is 28.5 Å². The lowest BCUT2D eigenvalue weighted by molar-refractivity contribution is -0.143. The van der Waals surface area contributed by atoms with Gasteiger partial charge in [0, 0.05) is 23.4 Å². The van der Waals surface area contributed by atoms with Crippen LogP contribution >= 0.6 is 11.6 Å². The highest BCUT2D eigenvalue weighted by atomic mass is 35.5. The molecule has 0 amide bonds. The van der Waals surface area contributed by atoms with Gasteiger partial charge in [-0.1, -0.05) is 41.4 Å². The maximum absolute atomic E-state index is 12.4. The monoisotopic (exact) mass is 414 g/mol. The lowest BCUT2D eigenvalue weighted by atomic mass is 10.0. The van der Waals surface area contributed by atoms with Crippen LogP contribution < -0.4 is 10.4 Å². The standard InChI is InChI=1S/C23H23ClO5/c1-4-27-22(25)9-8-17-15(3)18-11-19(24)21(12-20(18)29-23(17)26)28-13-16-7-5-6-14(2)10-16/h5-7,10-12H,4,8-9,13H2,1-3H3. The summed E-state index contributed by atoms with van der Waals surface area (Å²) in [6, 6.07) is 11.4. The fourth-order valence-electron chi connectivity index (χ4n) is 3.21. The molecule has 3 aromatic rings. The van der Waals surface area contributed by atoms with E-state index >= 15 is 0 Å². The van der Waals surface area contributed by atoms with Gasteiger partial charge in [-0.2, -0.15) is 0 Å². The Labute approximate surface area is 174 Å². The van der Waals surface area contributed by atoms with Crippen molar-refractivity contribution in [1.29, 1.82) is 0 Å². The fraction of sp³-hybridized carbons (Fsp3) is 0.304. The van der Waals surface area contributed by atoms with Gasteiger partial charge in [0.05, 0.1) is 11.6 Å². The van der Waals surface area contributed by atoms with Crippen LogP contribution in [-0.2, 0) is 22.6 Å². The summed E-state index contributed by atoms with van der Waals surface area (Å²) in [4.78, 5) is 24.1. The zero-order chi connectivity index (χ0) is 21.0. The summed E-state index contributed by atoms with van der Waals surface area (Å²) in [5.41, 5.74) is 3.30. The van der Waals surface area contributed by atoms with Gasteiger partial charge in [0.2, 0.25) is 0 Å². The third-order valence-electron chi connectivity index (χ3n) is 4.70. The predicted octanol–water partition coefficient (Wildman–Crippen LogP) is 5.14. The normalized spacial score (nSPS) is 10.9. The Morgan fingerprint density at radius 1 is 1.17 bits per heavy atom. The number of halogens is 1. The highest BCUT2D eigenvalue weighted by molar-refractivity contribution is 6.32. The summed E-state index contributed by atoms with van der Waals surface area (Å²) < 4.78 is 16.3. The van der Waals surface area contributed by atoms with Crippen molar-refractivity contribution in [2.24, 2.45) is 0 Å². The van der Waals surface area contributed by atoms with E-state index in [9.17, 15) is 9.59 Å². The first kappa shape index (κ1) is 20.9. The van der Waals surface area contributed by atoms with Gasteiger partial charge in [-0.25, -0.2) is 4.79 Å².